The van der Waals surface area contributed by atoms with Gasteiger partial charge in [-0.1, -0.05) is 26.7 Å². The largest absolute Gasteiger partial charge is 0.481 e. The van der Waals surface area contributed by atoms with E-state index in [1.165, 1.54) is 0 Å². The minimum atomic E-state index is -0.643. The standard InChI is InChI=1S/C8H16O2.C2H4/c1-3-5-6-7(4-2)8(9)10;1-2/h7H,3-6H2,1-2H3,(H,9,10);1-2H2. The van der Waals surface area contributed by atoms with Crippen LogP contribution in [0, 0.1) is 5.92 Å². The third kappa shape index (κ3) is 7.32. The van der Waals surface area contributed by atoms with Gasteiger partial charge >= 0.3 is 5.97 Å². The molecule has 2 nitrogen and oxygen atoms in total. The Morgan fingerprint density at radius 3 is 2.17 bits per heavy atom. The van der Waals surface area contributed by atoms with Crippen molar-refractivity contribution in [1.82, 2.24) is 0 Å². The molecule has 1 unspecified atom stereocenters. The Morgan fingerprint density at radius 1 is 1.42 bits per heavy atom. The van der Waals surface area contributed by atoms with E-state index in [-0.39, 0.29) is 5.92 Å². The van der Waals surface area contributed by atoms with Crippen molar-refractivity contribution in [3.05, 3.63) is 13.2 Å². The molecular formula is C10H20O2. The van der Waals surface area contributed by atoms with Crippen LogP contribution in [0.25, 0.3) is 0 Å². The molecule has 72 valence electrons. The lowest BCUT2D eigenvalue weighted by Crippen LogP contribution is -2.11. The zero-order valence-electron chi connectivity index (χ0n) is 8.18. The summed E-state index contributed by atoms with van der Waals surface area (Å²) in [7, 11) is 0. The summed E-state index contributed by atoms with van der Waals surface area (Å²) in [6.45, 7) is 10.0. The first-order chi connectivity index (χ1) is 5.72. The highest BCUT2D eigenvalue weighted by Crippen LogP contribution is 2.11. The van der Waals surface area contributed by atoms with Crippen LogP contribution in [0.4, 0.5) is 0 Å². The quantitative estimate of drug-likeness (QED) is 0.647. The fraction of sp³-hybridized carbons (Fsp3) is 0.700. The smallest absolute Gasteiger partial charge is 0.306 e. The van der Waals surface area contributed by atoms with E-state index >= 15 is 0 Å². The van der Waals surface area contributed by atoms with Crippen molar-refractivity contribution in [3.63, 3.8) is 0 Å². The fourth-order valence-electron chi connectivity index (χ4n) is 0.953. The van der Waals surface area contributed by atoms with Gasteiger partial charge in [0.25, 0.3) is 0 Å². The molecule has 0 aliphatic heterocycles. The number of rotatable bonds is 5. The van der Waals surface area contributed by atoms with Gasteiger partial charge in [0, 0.05) is 0 Å². The molecule has 0 spiro atoms. The molecule has 0 aliphatic rings. The van der Waals surface area contributed by atoms with Crippen molar-refractivity contribution in [2.45, 2.75) is 39.5 Å². The van der Waals surface area contributed by atoms with Gasteiger partial charge in [-0.3, -0.25) is 4.79 Å². The third-order valence-corrected chi connectivity index (χ3v) is 1.75. The summed E-state index contributed by atoms with van der Waals surface area (Å²) in [6.07, 6.45) is 3.71. The van der Waals surface area contributed by atoms with E-state index in [0.29, 0.717) is 0 Å². The monoisotopic (exact) mass is 172 g/mol. The average Bonchev–Trinajstić information content (AvgIpc) is 2.09. The van der Waals surface area contributed by atoms with Crippen LogP contribution in [0.2, 0.25) is 0 Å². The molecule has 0 fully saturated rings. The molecule has 0 bridgehead atoms. The van der Waals surface area contributed by atoms with E-state index in [4.69, 9.17) is 5.11 Å². The van der Waals surface area contributed by atoms with Crippen molar-refractivity contribution in [3.8, 4) is 0 Å². The first-order valence-corrected chi connectivity index (χ1v) is 4.45. The second-order valence-corrected chi connectivity index (χ2v) is 2.59. The molecule has 0 radical (unpaired) electrons. The van der Waals surface area contributed by atoms with Gasteiger partial charge in [0.05, 0.1) is 5.92 Å². The molecule has 0 aromatic heterocycles. The Labute approximate surface area is 75.3 Å². The Kier molecular flexibility index (Phi) is 11.7. The van der Waals surface area contributed by atoms with Crippen LogP contribution in [-0.4, -0.2) is 11.1 Å². The van der Waals surface area contributed by atoms with Crippen molar-refractivity contribution in [2.75, 3.05) is 0 Å². The highest BCUT2D eigenvalue weighted by Gasteiger charge is 2.12. The van der Waals surface area contributed by atoms with E-state index in [1.54, 1.807) is 0 Å². The summed E-state index contributed by atoms with van der Waals surface area (Å²) in [5, 5.41) is 8.60. The van der Waals surface area contributed by atoms with Crippen molar-refractivity contribution in [2.24, 2.45) is 5.92 Å². The summed E-state index contributed by atoms with van der Waals surface area (Å²) in [5.74, 6) is -0.754. The molecule has 1 N–H and O–H groups in total. The van der Waals surface area contributed by atoms with Crippen molar-refractivity contribution >= 4 is 5.97 Å². The topological polar surface area (TPSA) is 37.3 Å². The number of carbonyl (C=O) groups is 1. The lowest BCUT2D eigenvalue weighted by atomic mass is 10.00. The number of carboxylic acid groups (broad SMARTS) is 1. The molecule has 12 heavy (non-hydrogen) atoms. The first-order valence-electron chi connectivity index (χ1n) is 4.45. The minimum Gasteiger partial charge on any atom is -0.481 e. The van der Waals surface area contributed by atoms with E-state index in [2.05, 4.69) is 20.1 Å². The van der Waals surface area contributed by atoms with Gasteiger partial charge in [-0.15, -0.1) is 13.2 Å². The van der Waals surface area contributed by atoms with Gasteiger partial charge in [-0.25, -0.2) is 0 Å². The second kappa shape index (κ2) is 10.2. The summed E-state index contributed by atoms with van der Waals surface area (Å²) in [5.41, 5.74) is 0. The highest BCUT2D eigenvalue weighted by molar-refractivity contribution is 5.69. The molecule has 0 aromatic carbocycles. The lowest BCUT2D eigenvalue weighted by Gasteiger charge is -2.06. The predicted octanol–water partition coefficient (Wildman–Crippen LogP) is 3.09. The normalized spacial score (nSPS) is 11.2. The molecule has 0 amide bonds. The zero-order valence-corrected chi connectivity index (χ0v) is 8.18. The first kappa shape index (κ1) is 13.8. The van der Waals surface area contributed by atoms with Gasteiger partial charge in [0.1, 0.15) is 0 Å². The predicted molar refractivity (Wildman–Crippen MR) is 52.2 cm³/mol. The van der Waals surface area contributed by atoms with Gasteiger partial charge in [-0.2, -0.15) is 0 Å². The summed E-state index contributed by atoms with van der Waals surface area (Å²) < 4.78 is 0. The van der Waals surface area contributed by atoms with Gasteiger partial charge in [-0.05, 0) is 12.8 Å². The molecule has 1 atom stereocenters. The number of unbranched alkanes of at least 4 members (excludes halogenated alkanes) is 1. The van der Waals surface area contributed by atoms with E-state index < -0.39 is 5.97 Å². The third-order valence-electron chi connectivity index (χ3n) is 1.75. The van der Waals surface area contributed by atoms with E-state index in [0.717, 1.165) is 25.7 Å². The van der Waals surface area contributed by atoms with Crippen molar-refractivity contribution in [1.29, 1.82) is 0 Å². The van der Waals surface area contributed by atoms with Crippen LogP contribution in [-0.2, 0) is 4.79 Å². The fourth-order valence-corrected chi connectivity index (χ4v) is 0.953. The van der Waals surface area contributed by atoms with Gasteiger partial charge < -0.3 is 5.11 Å². The lowest BCUT2D eigenvalue weighted by molar-refractivity contribution is -0.142. The van der Waals surface area contributed by atoms with Crippen molar-refractivity contribution < 1.29 is 9.90 Å². The Morgan fingerprint density at radius 2 is 1.92 bits per heavy atom. The van der Waals surface area contributed by atoms with Crippen LogP contribution in [0.15, 0.2) is 13.2 Å². The second-order valence-electron chi connectivity index (χ2n) is 2.59. The van der Waals surface area contributed by atoms with E-state index in [1.807, 2.05) is 6.92 Å². The number of hydrogen-bond acceptors (Lipinski definition) is 1. The molecule has 0 heterocycles. The van der Waals surface area contributed by atoms with Crippen LogP contribution >= 0.6 is 0 Å². The average molecular weight is 172 g/mol. The SMILES string of the molecule is C=C.CCCCC(CC)C(=O)O. The molecular weight excluding hydrogens is 152 g/mol. The summed E-state index contributed by atoms with van der Waals surface area (Å²) in [4.78, 5) is 10.4. The Bertz CT molecular complexity index is 110. The Balaban J connectivity index is 0. The Hall–Kier alpha value is -0.790. The van der Waals surface area contributed by atoms with Crippen LogP contribution < -0.4 is 0 Å². The number of carboxylic acids is 1. The molecule has 0 saturated heterocycles. The van der Waals surface area contributed by atoms with Crippen LogP contribution in [0.1, 0.15) is 39.5 Å². The molecule has 2 heteroatoms. The van der Waals surface area contributed by atoms with Crippen LogP contribution in [0.5, 0.6) is 0 Å². The molecule has 0 aromatic rings. The minimum absolute atomic E-state index is 0.111. The van der Waals surface area contributed by atoms with Gasteiger partial charge in [0.2, 0.25) is 0 Å². The highest BCUT2D eigenvalue weighted by atomic mass is 16.4. The van der Waals surface area contributed by atoms with Crippen LogP contribution in [0.3, 0.4) is 0 Å². The number of hydrogen-bond donors (Lipinski definition) is 1. The van der Waals surface area contributed by atoms with E-state index in [9.17, 15) is 4.79 Å². The molecule has 0 aliphatic carbocycles. The maximum Gasteiger partial charge on any atom is 0.306 e. The maximum absolute atomic E-state index is 10.4. The molecule has 0 saturated carbocycles. The molecule has 0 rings (SSSR count). The summed E-state index contributed by atoms with van der Waals surface area (Å²) in [6, 6.07) is 0. The zero-order chi connectivity index (χ0) is 9.98. The summed E-state index contributed by atoms with van der Waals surface area (Å²) >= 11 is 0. The number of aliphatic carboxylic acids is 1. The maximum atomic E-state index is 10.4. The van der Waals surface area contributed by atoms with Gasteiger partial charge in [0.15, 0.2) is 0 Å².